The number of hydrogen-bond acceptors (Lipinski definition) is 3. The van der Waals surface area contributed by atoms with E-state index < -0.39 is 0 Å². The van der Waals surface area contributed by atoms with Crippen LogP contribution in [0.2, 0.25) is 0 Å². The summed E-state index contributed by atoms with van der Waals surface area (Å²) in [4.78, 5) is 4.90. The van der Waals surface area contributed by atoms with Crippen molar-refractivity contribution in [2.24, 2.45) is 0 Å². The topological polar surface area (TPSA) is 26.7 Å². The van der Waals surface area contributed by atoms with E-state index >= 15 is 0 Å². The van der Waals surface area contributed by atoms with E-state index in [0.717, 1.165) is 19.5 Å². The Kier molecular flexibility index (Phi) is 4.35. The van der Waals surface area contributed by atoms with Crippen molar-refractivity contribution < 1.29 is 5.11 Å². The van der Waals surface area contributed by atoms with Crippen LogP contribution in [-0.4, -0.2) is 59.8 Å². The third-order valence-corrected chi connectivity index (χ3v) is 3.32. The van der Waals surface area contributed by atoms with Crippen molar-refractivity contribution in [2.45, 2.75) is 45.3 Å². The number of hydrogen-bond donors (Lipinski definition) is 1. The Morgan fingerprint density at radius 3 is 2.50 bits per heavy atom. The van der Waals surface area contributed by atoms with Crippen molar-refractivity contribution in [3.8, 4) is 0 Å². The van der Waals surface area contributed by atoms with Crippen molar-refractivity contribution >= 4 is 0 Å². The molecule has 0 amide bonds. The highest BCUT2D eigenvalue weighted by atomic mass is 16.3. The highest BCUT2D eigenvalue weighted by Crippen LogP contribution is 2.18. The Labute approximate surface area is 87.7 Å². The maximum Gasteiger partial charge on any atom is 0.0446 e. The molecule has 0 aromatic carbocycles. The highest BCUT2D eigenvalue weighted by Gasteiger charge is 2.30. The molecule has 0 aromatic rings. The number of rotatable bonds is 3. The van der Waals surface area contributed by atoms with E-state index in [1.54, 1.807) is 0 Å². The van der Waals surface area contributed by atoms with Crippen molar-refractivity contribution in [1.29, 1.82) is 0 Å². The van der Waals surface area contributed by atoms with Gasteiger partial charge in [0.1, 0.15) is 0 Å². The predicted molar refractivity (Wildman–Crippen MR) is 59.4 cm³/mol. The third-order valence-electron chi connectivity index (χ3n) is 3.32. The summed E-state index contributed by atoms with van der Waals surface area (Å²) in [6, 6.07) is 1.75. The Hall–Kier alpha value is -0.120. The van der Waals surface area contributed by atoms with E-state index in [1.807, 2.05) is 0 Å². The van der Waals surface area contributed by atoms with Gasteiger partial charge in [-0.25, -0.2) is 0 Å². The fourth-order valence-corrected chi connectivity index (χ4v) is 2.25. The summed E-state index contributed by atoms with van der Waals surface area (Å²) in [6.07, 6.45) is 0.898. The molecule has 1 aliphatic heterocycles. The molecule has 0 spiro atoms. The maximum absolute atomic E-state index is 9.03. The van der Waals surface area contributed by atoms with Gasteiger partial charge in [-0.1, -0.05) is 0 Å². The van der Waals surface area contributed by atoms with Crippen molar-refractivity contribution in [3.63, 3.8) is 0 Å². The van der Waals surface area contributed by atoms with Crippen LogP contribution < -0.4 is 0 Å². The van der Waals surface area contributed by atoms with E-state index in [-0.39, 0.29) is 0 Å². The van der Waals surface area contributed by atoms with Gasteiger partial charge in [-0.3, -0.25) is 4.90 Å². The summed E-state index contributed by atoms with van der Waals surface area (Å²) in [6.45, 7) is 9.25. The van der Waals surface area contributed by atoms with Gasteiger partial charge < -0.3 is 10.0 Å². The van der Waals surface area contributed by atoms with Gasteiger partial charge in [0, 0.05) is 37.8 Å². The van der Waals surface area contributed by atoms with Crippen LogP contribution in [0.5, 0.6) is 0 Å². The fourth-order valence-electron chi connectivity index (χ4n) is 2.25. The fraction of sp³-hybridized carbons (Fsp3) is 1.00. The van der Waals surface area contributed by atoms with E-state index in [1.165, 1.54) is 0 Å². The minimum absolute atomic E-state index is 0.302. The Balaban J connectivity index is 2.60. The van der Waals surface area contributed by atoms with Crippen molar-refractivity contribution in [2.75, 3.05) is 26.7 Å². The van der Waals surface area contributed by atoms with E-state index in [9.17, 15) is 0 Å². The first-order valence-corrected chi connectivity index (χ1v) is 5.63. The zero-order valence-electron chi connectivity index (χ0n) is 9.90. The highest BCUT2D eigenvalue weighted by molar-refractivity contribution is 4.86. The number of likely N-dealkylation sites (N-methyl/N-ethyl adjacent to an activating group) is 1. The molecule has 1 N–H and O–H groups in total. The molecule has 0 aromatic heterocycles. The van der Waals surface area contributed by atoms with Gasteiger partial charge in [-0.15, -0.1) is 0 Å². The Morgan fingerprint density at radius 1 is 1.36 bits per heavy atom. The second-order valence-corrected chi connectivity index (χ2v) is 4.75. The molecule has 1 heterocycles. The summed E-state index contributed by atoms with van der Waals surface area (Å²) in [5.41, 5.74) is 0. The lowest BCUT2D eigenvalue weighted by atomic mass is 10.0. The van der Waals surface area contributed by atoms with Crippen LogP contribution in [0.25, 0.3) is 0 Å². The molecule has 1 saturated heterocycles. The van der Waals surface area contributed by atoms with Crippen LogP contribution in [0.15, 0.2) is 0 Å². The van der Waals surface area contributed by atoms with Gasteiger partial charge in [-0.05, 0) is 34.2 Å². The summed E-state index contributed by atoms with van der Waals surface area (Å²) < 4.78 is 0. The Bertz CT molecular complexity index is 173. The minimum Gasteiger partial charge on any atom is -0.396 e. The Morgan fingerprint density at radius 2 is 2.00 bits per heavy atom. The van der Waals surface area contributed by atoms with Gasteiger partial charge in [0.05, 0.1) is 0 Å². The third kappa shape index (κ3) is 2.69. The summed E-state index contributed by atoms with van der Waals surface area (Å²) in [5, 5.41) is 9.03. The average Bonchev–Trinajstić information content (AvgIpc) is 2.11. The van der Waals surface area contributed by atoms with Crippen LogP contribution in [0.3, 0.4) is 0 Å². The molecule has 1 fully saturated rings. The first kappa shape index (κ1) is 12.0. The molecule has 3 nitrogen and oxygen atoms in total. The molecular formula is C11H24N2O. The minimum atomic E-state index is 0.302. The second-order valence-electron chi connectivity index (χ2n) is 4.75. The molecule has 0 aliphatic carbocycles. The van der Waals surface area contributed by atoms with Crippen LogP contribution in [0.4, 0.5) is 0 Å². The SMILES string of the molecule is CC1CN(C(C)C)C(CCO)CN1C. The smallest absolute Gasteiger partial charge is 0.0446 e. The maximum atomic E-state index is 9.03. The van der Waals surface area contributed by atoms with Gasteiger partial charge in [-0.2, -0.15) is 0 Å². The summed E-state index contributed by atoms with van der Waals surface area (Å²) in [5.74, 6) is 0. The van der Waals surface area contributed by atoms with E-state index in [0.29, 0.717) is 24.7 Å². The van der Waals surface area contributed by atoms with Crippen LogP contribution >= 0.6 is 0 Å². The first-order chi connectivity index (χ1) is 6.56. The zero-order valence-corrected chi connectivity index (χ0v) is 9.90. The number of aliphatic hydroxyl groups excluding tert-OH is 1. The summed E-state index contributed by atoms with van der Waals surface area (Å²) >= 11 is 0. The molecule has 3 heteroatoms. The van der Waals surface area contributed by atoms with Crippen LogP contribution in [-0.2, 0) is 0 Å². The first-order valence-electron chi connectivity index (χ1n) is 5.63. The lowest BCUT2D eigenvalue weighted by Crippen LogP contribution is -2.58. The predicted octanol–water partition coefficient (Wildman–Crippen LogP) is 0.782. The molecule has 1 aliphatic rings. The lowest BCUT2D eigenvalue weighted by molar-refractivity contribution is 0.0194. The monoisotopic (exact) mass is 200 g/mol. The molecule has 2 unspecified atom stereocenters. The zero-order chi connectivity index (χ0) is 10.7. The van der Waals surface area contributed by atoms with Gasteiger partial charge >= 0.3 is 0 Å². The van der Waals surface area contributed by atoms with Gasteiger partial charge in [0.25, 0.3) is 0 Å². The van der Waals surface area contributed by atoms with Gasteiger partial charge in [0.2, 0.25) is 0 Å². The molecule has 1 rings (SSSR count). The average molecular weight is 200 g/mol. The molecule has 84 valence electrons. The van der Waals surface area contributed by atoms with Crippen LogP contribution in [0.1, 0.15) is 27.2 Å². The van der Waals surface area contributed by atoms with E-state index in [4.69, 9.17) is 5.11 Å². The molecule has 0 saturated carbocycles. The van der Waals surface area contributed by atoms with Crippen molar-refractivity contribution in [3.05, 3.63) is 0 Å². The standard InChI is InChI=1S/C11H24N2O/c1-9(2)13-7-10(3)12(4)8-11(13)5-6-14/h9-11,14H,5-8H2,1-4H3. The van der Waals surface area contributed by atoms with Gasteiger partial charge in [0.15, 0.2) is 0 Å². The quantitative estimate of drug-likeness (QED) is 0.729. The largest absolute Gasteiger partial charge is 0.396 e. The molecular weight excluding hydrogens is 176 g/mol. The second kappa shape index (κ2) is 5.10. The lowest BCUT2D eigenvalue weighted by Gasteiger charge is -2.45. The van der Waals surface area contributed by atoms with Crippen LogP contribution in [0, 0.1) is 0 Å². The normalized spacial score (nSPS) is 31.3. The molecule has 0 radical (unpaired) electrons. The van der Waals surface area contributed by atoms with E-state index in [2.05, 4.69) is 37.6 Å². The molecule has 0 bridgehead atoms. The van der Waals surface area contributed by atoms with Crippen molar-refractivity contribution in [1.82, 2.24) is 9.80 Å². The number of piperazine rings is 1. The number of nitrogens with zero attached hydrogens (tertiary/aromatic N) is 2. The molecule has 14 heavy (non-hydrogen) atoms. The molecule has 2 atom stereocenters. The summed E-state index contributed by atoms with van der Waals surface area (Å²) in [7, 11) is 2.17. The number of aliphatic hydroxyl groups is 1.